The topological polar surface area (TPSA) is 54.5 Å². The summed E-state index contributed by atoms with van der Waals surface area (Å²) in [6.07, 6.45) is 4.26. The molecule has 1 N–H and O–H groups in total. The number of hydrogen-bond acceptors (Lipinski definition) is 5. The van der Waals surface area contributed by atoms with E-state index < -0.39 is 0 Å². The maximum Gasteiger partial charge on any atom is 0.339 e. The lowest BCUT2D eigenvalue weighted by atomic mass is 10.2. The highest BCUT2D eigenvalue weighted by Gasteiger charge is 2.26. The van der Waals surface area contributed by atoms with Gasteiger partial charge in [0.1, 0.15) is 0 Å². The molecule has 0 radical (unpaired) electrons. The molecule has 0 amide bonds. The highest BCUT2D eigenvalue weighted by molar-refractivity contribution is 5.88. The molecule has 0 atom stereocenters. The predicted octanol–water partition coefficient (Wildman–Crippen LogP) is 1.44. The van der Waals surface area contributed by atoms with Crippen LogP contribution in [0.15, 0.2) is 18.3 Å². The summed E-state index contributed by atoms with van der Waals surface area (Å²) in [7, 11) is 1.37. The molecule has 0 aliphatic heterocycles. The van der Waals surface area contributed by atoms with Crippen molar-refractivity contribution in [3.63, 3.8) is 0 Å². The van der Waals surface area contributed by atoms with Crippen molar-refractivity contribution in [2.75, 3.05) is 26.7 Å². The van der Waals surface area contributed by atoms with Crippen LogP contribution in [0.3, 0.4) is 0 Å². The fourth-order valence-corrected chi connectivity index (χ4v) is 2.25. The van der Waals surface area contributed by atoms with Gasteiger partial charge in [0.25, 0.3) is 0 Å². The molecular weight excluding hydrogens is 254 g/mol. The molecule has 20 heavy (non-hydrogen) atoms. The predicted molar refractivity (Wildman–Crippen MR) is 77.6 cm³/mol. The molecule has 1 aromatic rings. The van der Waals surface area contributed by atoms with Crippen molar-refractivity contribution in [3.8, 4) is 0 Å². The Hall–Kier alpha value is -1.46. The fraction of sp³-hybridized carbons (Fsp3) is 0.600. The number of hydrogen-bond donors (Lipinski definition) is 1. The fourth-order valence-electron chi connectivity index (χ4n) is 2.25. The van der Waals surface area contributed by atoms with Crippen molar-refractivity contribution in [2.24, 2.45) is 0 Å². The van der Waals surface area contributed by atoms with Gasteiger partial charge in [-0.15, -0.1) is 0 Å². The lowest BCUT2D eigenvalue weighted by Gasteiger charge is -2.19. The molecule has 0 spiro atoms. The van der Waals surface area contributed by atoms with Crippen LogP contribution in [0, 0.1) is 0 Å². The third kappa shape index (κ3) is 4.28. The first-order valence-corrected chi connectivity index (χ1v) is 7.22. The smallest absolute Gasteiger partial charge is 0.339 e. The summed E-state index contributed by atoms with van der Waals surface area (Å²) in [4.78, 5) is 18.0. The Morgan fingerprint density at radius 1 is 1.50 bits per heavy atom. The van der Waals surface area contributed by atoms with Gasteiger partial charge in [-0.1, -0.05) is 6.92 Å². The van der Waals surface area contributed by atoms with Gasteiger partial charge in [0, 0.05) is 31.9 Å². The van der Waals surface area contributed by atoms with Gasteiger partial charge in [-0.3, -0.25) is 9.88 Å². The summed E-state index contributed by atoms with van der Waals surface area (Å²) in [5, 5.41) is 3.39. The number of carbonyl (C=O) groups is 1. The van der Waals surface area contributed by atoms with E-state index in [-0.39, 0.29) is 5.97 Å². The third-order valence-electron chi connectivity index (χ3n) is 3.60. The molecular formula is C15H23N3O2. The third-order valence-corrected chi connectivity index (χ3v) is 3.60. The minimum Gasteiger partial charge on any atom is -0.465 e. The zero-order valence-corrected chi connectivity index (χ0v) is 12.3. The summed E-state index contributed by atoms with van der Waals surface area (Å²) >= 11 is 0. The summed E-state index contributed by atoms with van der Waals surface area (Å²) < 4.78 is 4.64. The first kappa shape index (κ1) is 14.9. The van der Waals surface area contributed by atoms with Crippen LogP contribution < -0.4 is 5.32 Å². The Bertz CT molecular complexity index is 429. The average molecular weight is 277 g/mol. The van der Waals surface area contributed by atoms with Crippen LogP contribution in [0.5, 0.6) is 0 Å². The first-order chi connectivity index (χ1) is 9.74. The summed E-state index contributed by atoms with van der Waals surface area (Å²) in [6.45, 7) is 6.11. The maximum atomic E-state index is 11.3. The van der Waals surface area contributed by atoms with Gasteiger partial charge in [-0.05, 0) is 31.5 Å². The lowest BCUT2D eigenvalue weighted by molar-refractivity contribution is 0.0600. The number of aromatic nitrogens is 1. The first-order valence-electron chi connectivity index (χ1n) is 7.22. The second kappa shape index (κ2) is 7.36. The van der Waals surface area contributed by atoms with Crippen LogP contribution in [0.1, 0.15) is 35.8 Å². The van der Waals surface area contributed by atoms with Gasteiger partial charge in [-0.2, -0.15) is 0 Å². The standard InChI is InChI=1S/C15H23N3O2/c1-3-18(14-6-7-14)9-8-16-11-13-5-4-12(10-17-13)15(19)20-2/h4-5,10,14,16H,3,6-9,11H2,1-2H3. The van der Waals surface area contributed by atoms with Crippen molar-refractivity contribution in [1.82, 2.24) is 15.2 Å². The summed E-state index contributed by atoms with van der Waals surface area (Å²) in [6, 6.07) is 4.43. The van der Waals surface area contributed by atoms with Gasteiger partial charge in [0.2, 0.25) is 0 Å². The molecule has 5 nitrogen and oxygen atoms in total. The van der Waals surface area contributed by atoms with Crippen LogP contribution >= 0.6 is 0 Å². The van der Waals surface area contributed by atoms with Gasteiger partial charge in [0.05, 0.1) is 18.4 Å². The normalized spacial score (nSPS) is 14.6. The highest BCUT2D eigenvalue weighted by Crippen LogP contribution is 2.25. The molecule has 2 rings (SSSR count). The molecule has 5 heteroatoms. The molecule has 1 heterocycles. The number of pyridine rings is 1. The van der Waals surface area contributed by atoms with Gasteiger partial charge < -0.3 is 10.1 Å². The summed E-state index contributed by atoms with van der Waals surface area (Å²) in [5.74, 6) is -0.347. The minimum atomic E-state index is -0.347. The van der Waals surface area contributed by atoms with E-state index in [1.165, 1.54) is 20.0 Å². The number of likely N-dealkylation sites (N-methyl/N-ethyl adjacent to an activating group) is 1. The summed E-state index contributed by atoms with van der Waals surface area (Å²) in [5.41, 5.74) is 1.43. The second-order valence-electron chi connectivity index (χ2n) is 5.07. The minimum absolute atomic E-state index is 0.347. The molecule has 1 aromatic heterocycles. The van der Waals surface area contributed by atoms with Gasteiger partial charge in [0.15, 0.2) is 0 Å². The number of nitrogens with zero attached hydrogens (tertiary/aromatic N) is 2. The largest absolute Gasteiger partial charge is 0.465 e. The Kier molecular flexibility index (Phi) is 5.49. The van der Waals surface area contributed by atoms with E-state index in [9.17, 15) is 4.79 Å². The lowest BCUT2D eigenvalue weighted by Crippen LogP contribution is -2.33. The Morgan fingerprint density at radius 2 is 2.30 bits per heavy atom. The number of carbonyl (C=O) groups excluding carboxylic acids is 1. The van der Waals surface area contributed by atoms with Gasteiger partial charge >= 0.3 is 5.97 Å². The molecule has 1 aliphatic rings. The quantitative estimate of drug-likeness (QED) is 0.575. The van der Waals surface area contributed by atoms with Crippen molar-refractivity contribution >= 4 is 5.97 Å². The molecule has 1 fully saturated rings. The SMILES string of the molecule is CCN(CCNCc1ccc(C(=O)OC)cn1)C1CC1. The van der Waals surface area contributed by atoms with Crippen molar-refractivity contribution in [3.05, 3.63) is 29.6 Å². The molecule has 1 saturated carbocycles. The molecule has 1 aliphatic carbocycles. The van der Waals surface area contributed by atoms with Crippen LogP contribution in [-0.4, -0.2) is 48.6 Å². The van der Waals surface area contributed by atoms with E-state index in [2.05, 4.69) is 26.9 Å². The van der Waals surface area contributed by atoms with Gasteiger partial charge in [-0.25, -0.2) is 4.79 Å². The number of rotatable bonds is 8. The molecule has 0 aromatic carbocycles. The van der Waals surface area contributed by atoms with Crippen molar-refractivity contribution in [1.29, 1.82) is 0 Å². The molecule has 110 valence electrons. The van der Waals surface area contributed by atoms with E-state index in [1.807, 2.05) is 6.07 Å². The number of ether oxygens (including phenoxy) is 1. The van der Waals surface area contributed by atoms with Crippen molar-refractivity contribution < 1.29 is 9.53 Å². The monoisotopic (exact) mass is 277 g/mol. The van der Waals surface area contributed by atoms with Crippen LogP contribution in [0.25, 0.3) is 0 Å². The van der Waals surface area contributed by atoms with E-state index in [0.717, 1.165) is 37.9 Å². The van der Waals surface area contributed by atoms with Crippen LogP contribution in [0.4, 0.5) is 0 Å². The highest BCUT2D eigenvalue weighted by atomic mass is 16.5. The Labute approximate surface area is 120 Å². The second-order valence-corrected chi connectivity index (χ2v) is 5.07. The van der Waals surface area contributed by atoms with E-state index in [1.54, 1.807) is 12.3 Å². The number of nitrogens with one attached hydrogen (secondary N) is 1. The van der Waals surface area contributed by atoms with E-state index in [0.29, 0.717) is 5.56 Å². The van der Waals surface area contributed by atoms with Crippen LogP contribution in [0.2, 0.25) is 0 Å². The number of esters is 1. The molecule has 0 saturated heterocycles. The van der Waals surface area contributed by atoms with Crippen molar-refractivity contribution in [2.45, 2.75) is 32.4 Å². The Balaban J connectivity index is 1.69. The maximum absolute atomic E-state index is 11.3. The van der Waals surface area contributed by atoms with E-state index >= 15 is 0 Å². The Morgan fingerprint density at radius 3 is 2.85 bits per heavy atom. The molecule has 0 unspecified atom stereocenters. The zero-order chi connectivity index (χ0) is 14.4. The number of methoxy groups -OCH3 is 1. The van der Waals surface area contributed by atoms with E-state index in [4.69, 9.17) is 0 Å². The van der Waals surface area contributed by atoms with Crippen LogP contribution in [-0.2, 0) is 11.3 Å². The zero-order valence-electron chi connectivity index (χ0n) is 12.3. The molecule has 0 bridgehead atoms. The average Bonchev–Trinajstić information content (AvgIpc) is 3.32.